The van der Waals surface area contributed by atoms with Gasteiger partial charge >= 0.3 is 0 Å². The fourth-order valence-electron chi connectivity index (χ4n) is 5.97. The molecule has 0 aliphatic carbocycles. The van der Waals surface area contributed by atoms with Gasteiger partial charge in [-0.05, 0) is 88.0 Å². The van der Waals surface area contributed by atoms with Crippen molar-refractivity contribution in [2.24, 2.45) is 0 Å². The normalized spacial score (nSPS) is 11.2. The molecule has 8 aromatic rings. The Morgan fingerprint density at radius 3 is 1.55 bits per heavy atom. The van der Waals surface area contributed by atoms with Crippen molar-refractivity contribution in [3.05, 3.63) is 170 Å². The molecule has 8 rings (SSSR count). The second-order valence-corrected chi connectivity index (χ2v) is 10.9. The maximum absolute atomic E-state index is 6.14. The van der Waals surface area contributed by atoms with E-state index in [4.69, 9.17) is 4.42 Å². The smallest absolute Gasteiger partial charge is 0.153 e. The Hall–Kier alpha value is -5.93. The van der Waals surface area contributed by atoms with Crippen LogP contribution in [-0.2, 0) is 0 Å². The quantitative estimate of drug-likeness (QED) is 0.201. The van der Waals surface area contributed by atoms with E-state index >= 15 is 0 Å². The maximum atomic E-state index is 6.14. The zero-order chi connectivity index (χ0) is 29.3. The first-order valence-electron chi connectivity index (χ1n) is 14.8. The SMILES string of the molecule is c1ccc(-c2ccc(N(c3cc(-c4ccccc4)cc(-c4ccccc4)c3)c3ccc4oc5cnccc5c4c3)cc2)cc1. The third-order valence-corrected chi connectivity index (χ3v) is 8.14. The van der Waals surface area contributed by atoms with Crippen molar-refractivity contribution in [3.8, 4) is 33.4 Å². The van der Waals surface area contributed by atoms with E-state index in [0.29, 0.717) is 0 Å². The first kappa shape index (κ1) is 25.8. The highest BCUT2D eigenvalue weighted by Crippen LogP contribution is 2.42. The van der Waals surface area contributed by atoms with Gasteiger partial charge in [0.2, 0.25) is 0 Å². The zero-order valence-electron chi connectivity index (χ0n) is 24.0. The van der Waals surface area contributed by atoms with E-state index in [2.05, 4.69) is 162 Å². The molecule has 2 heterocycles. The van der Waals surface area contributed by atoms with Crippen LogP contribution >= 0.6 is 0 Å². The molecule has 0 saturated carbocycles. The maximum Gasteiger partial charge on any atom is 0.153 e. The topological polar surface area (TPSA) is 29.3 Å². The van der Waals surface area contributed by atoms with Crippen LogP contribution in [0.4, 0.5) is 17.1 Å². The molecule has 0 radical (unpaired) electrons. The number of rotatable bonds is 6. The van der Waals surface area contributed by atoms with Gasteiger partial charge in [-0.25, -0.2) is 0 Å². The lowest BCUT2D eigenvalue weighted by molar-refractivity contribution is 0.667. The Labute approximate surface area is 256 Å². The molecule has 0 aliphatic heterocycles. The molecule has 0 N–H and O–H groups in total. The molecule has 0 spiro atoms. The van der Waals surface area contributed by atoms with Gasteiger partial charge in [-0.3, -0.25) is 4.98 Å². The third kappa shape index (κ3) is 4.81. The first-order chi connectivity index (χ1) is 21.8. The van der Waals surface area contributed by atoms with Gasteiger partial charge in [-0.2, -0.15) is 0 Å². The van der Waals surface area contributed by atoms with Crippen LogP contribution in [0.2, 0.25) is 0 Å². The summed E-state index contributed by atoms with van der Waals surface area (Å²) in [5, 5.41) is 2.12. The summed E-state index contributed by atoms with van der Waals surface area (Å²) in [6.07, 6.45) is 3.60. The molecule has 3 nitrogen and oxygen atoms in total. The van der Waals surface area contributed by atoms with Crippen molar-refractivity contribution in [2.75, 3.05) is 4.90 Å². The van der Waals surface area contributed by atoms with Crippen molar-refractivity contribution in [1.82, 2.24) is 4.98 Å². The van der Waals surface area contributed by atoms with Gasteiger partial charge in [0.15, 0.2) is 5.58 Å². The second kappa shape index (κ2) is 11.0. The van der Waals surface area contributed by atoms with E-state index in [-0.39, 0.29) is 0 Å². The van der Waals surface area contributed by atoms with Gasteiger partial charge < -0.3 is 9.32 Å². The number of pyridine rings is 1. The number of fused-ring (bicyclic) bond motifs is 3. The Balaban J connectivity index is 1.35. The molecule has 208 valence electrons. The van der Waals surface area contributed by atoms with Crippen LogP contribution in [0.3, 0.4) is 0 Å². The number of furan rings is 1. The monoisotopic (exact) mass is 564 g/mol. The summed E-state index contributed by atoms with van der Waals surface area (Å²) in [5.41, 5.74) is 11.9. The fraction of sp³-hybridized carbons (Fsp3) is 0. The summed E-state index contributed by atoms with van der Waals surface area (Å²) < 4.78 is 6.14. The average molecular weight is 565 g/mol. The van der Waals surface area contributed by atoms with E-state index in [1.54, 1.807) is 6.20 Å². The van der Waals surface area contributed by atoms with Crippen LogP contribution in [0.5, 0.6) is 0 Å². The molecule has 44 heavy (non-hydrogen) atoms. The lowest BCUT2D eigenvalue weighted by Crippen LogP contribution is -2.10. The molecule has 6 aromatic carbocycles. The standard InChI is InChI=1S/C41H28N2O/c1-4-10-29(11-5-1)32-16-18-35(19-17-32)43(36-20-21-40-39(27-36)38-22-23-42-28-41(38)44-40)37-25-33(30-12-6-2-7-13-30)24-34(26-37)31-14-8-3-9-15-31/h1-28H. The van der Waals surface area contributed by atoms with Crippen molar-refractivity contribution >= 4 is 39.0 Å². The van der Waals surface area contributed by atoms with Gasteiger partial charge in [0, 0.05) is 34.0 Å². The summed E-state index contributed by atoms with van der Waals surface area (Å²) in [5.74, 6) is 0. The first-order valence-corrected chi connectivity index (χ1v) is 14.8. The molecule has 0 bridgehead atoms. The Kier molecular flexibility index (Phi) is 6.47. The van der Waals surface area contributed by atoms with Crippen LogP contribution in [0.15, 0.2) is 175 Å². The highest BCUT2D eigenvalue weighted by molar-refractivity contribution is 6.06. The lowest BCUT2D eigenvalue weighted by Gasteiger charge is -2.27. The zero-order valence-corrected chi connectivity index (χ0v) is 24.0. The molecular formula is C41H28N2O. The predicted octanol–water partition coefficient (Wildman–Crippen LogP) is 11.5. The van der Waals surface area contributed by atoms with Crippen molar-refractivity contribution in [3.63, 3.8) is 0 Å². The number of hydrogen-bond donors (Lipinski definition) is 0. The minimum atomic E-state index is 0.788. The minimum absolute atomic E-state index is 0.788. The highest BCUT2D eigenvalue weighted by atomic mass is 16.3. The van der Waals surface area contributed by atoms with Crippen molar-refractivity contribution in [2.45, 2.75) is 0 Å². The summed E-state index contributed by atoms with van der Waals surface area (Å²) >= 11 is 0. The second-order valence-electron chi connectivity index (χ2n) is 10.9. The van der Waals surface area contributed by atoms with Crippen LogP contribution in [0.25, 0.3) is 55.3 Å². The van der Waals surface area contributed by atoms with E-state index in [1.807, 2.05) is 12.3 Å². The molecule has 0 unspecified atom stereocenters. The van der Waals surface area contributed by atoms with Crippen molar-refractivity contribution in [1.29, 1.82) is 0 Å². The fourth-order valence-corrected chi connectivity index (χ4v) is 5.97. The Bertz CT molecular complexity index is 2150. The van der Waals surface area contributed by atoms with Gasteiger partial charge in [0.1, 0.15) is 5.58 Å². The Morgan fingerprint density at radius 2 is 0.932 bits per heavy atom. The largest absolute Gasteiger partial charge is 0.454 e. The number of anilines is 3. The number of hydrogen-bond acceptors (Lipinski definition) is 3. The molecule has 0 saturated heterocycles. The average Bonchev–Trinajstić information content (AvgIpc) is 3.48. The van der Waals surface area contributed by atoms with Crippen molar-refractivity contribution < 1.29 is 4.42 Å². The van der Waals surface area contributed by atoms with Gasteiger partial charge in [-0.1, -0.05) is 103 Å². The van der Waals surface area contributed by atoms with Gasteiger partial charge in [0.25, 0.3) is 0 Å². The summed E-state index contributed by atoms with van der Waals surface area (Å²) in [7, 11) is 0. The molecule has 2 aromatic heterocycles. The number of aromatic nitrogens is 1. The van der Waals surface area contributed by atoms with Crippen LogP contribution in [0, 0.1) is 0 Å². The summed E-state index contributed by atoms with van der Waals surface area (Å²) in [6.45, 7) is 0. The van der Waals surface area contributed by atoms with Gasteiger partial charge in [0.05, 0.1) is 6.20 Å². The van der Waals surface area contributed by atoms with Crippen LogP contribution in [0.1, 0.15) is 0 Å². The van der Waals surface area contributed by atoms with Gasteiger partial charge in [-0.15, -0.1) is 0 Å². The summed E-state index contributed by atoms with van der Waals surface area (Å²) in [6, 6.07) is 55.8. The predicted molar refractivity (Wildman–Crippen MR) is 183 cm³/mol. The molecule has 0 amide bonds. The van der Waals surface area contributed by atoms with E-state index < -0.39 is 0 Å². The summed E-state index contributed by atoms with van der Waals surface area (Å²) in [4.78, 5) is 6.61. The molecule has 0 aliphatic rings. The van der Waals surface area contributed by atoms with E-state index in [1.165, 1.54) is 22.3 Å². The number of nitrogens with zero attached hydrogens (tertiary/aromatic N) is 2. The molecule has 0 atom stereocenters. The van der Waals surface area contributed by atoms with E-state index in [0.717, 1.165) is 50.1 Å². The third-order valence-electron chi connectivity index (χ3n) is 8.14. The van der Waals surface area contributed by atoms with Crippen LogP contribution in [-0.4, -0.2) is 4.98 Å². The number of benzene rings is 6. The molecule has 0 fully saturated rings. The minimum Gasteiger partial charge on any atom is -0.454 e. The molecular weight excluding hydrogens is 536 g/mol. The highest BCUT2D eigenvalue weighted by Gasteiger charge is 2.18. The lowest BCUT2D eigenvalue weighted by atomic mass is 9.97. The Morgan fingerprint density at radius 1 is 0.386 bits per heavy atom. The van der Waals surface area contributed by atoms with E-state index in [9.17, 15) is 0 Å². The molecule has 3 heteroatoms. The van der Waals surface area contributed by atoms with Crippen LogP contribution < -0.4 is 4.90 Å².